The van der Waals surface area contributed by atoms with Gasteiger partial charge in [0.2, 0.25) is 5.91 Å². The van der Waals surface area contributed by atoms with Gasteiger partial charge in [0.25, 0.3) is 0 Å². The summed E-state index contributed by atoms with van der Waals surface area (Å²) in [6.07, 6.45) is 4.70. The van der Waals surface area contributed by atoms with Crippen molar-refractivity contribution in [3.63, 3.8) is 0 Å². The van der Waals surface area contributed by atoms with Gasteiger partial charge in [0.05, 0.1) is 6.07 Å². The smallest absolute Gasteiger partial charge is 0.228 e. The van der Waals surface area contributed by atoms with Crippen molar-refractivity contribution in [1.82, 2.24) is 4.90 Å². The Labute approximate surface area is 130 Å². The van der Waals surface area contributed by atoms with Crippen LogP contribution in [0.1, 0.15) is 29.2 Å². The van der Waals surface area contributed by atoms with Crippen LogP contribution in [0.2, 0.25) is 0 Å². The Morgan fingerprint density at radius 3 is 2.59 bits per heavy atom. The van der Waals surface area contributed by atoms with Gasteiger partial charge < -0.3 is 0 Å². The number of aryl methyl sites for hydroxylation is 1. The molecule has 1 atom stereocenters. The Kier molecular flexibility index (Phi) is 4.02. The van der Waals surface area contributed by atoms with Crippen molar-refractivity contribution in [3.8, 4) is 6.07 Å². The van der Waals surface area contributed by atoms with E-state index in [-0.39, 0.29) is 5.91 Å². The fourth-order valence-electron chi connectivity index (χ4n) is 2.69. The highest BCUT2D eigenvalue weighted by Gasteiger charge is 2.27. The molecule has 1 aliphatic rings. The van der Waals surface area contributed by atoms with Crippen LogP contribution in [0.3, 0.4) is 0 Å². The Bertz CT molecular complexity index is 744. The number of carbonyl (C=O) groups is 1. The number of benzene rings is 2. The minimum absolute atomic E-state index is 0.0267. The molecule has 0 fully saturated rings. The van der Waals surface area contributed by atoms with Crippen LogP contribution in [0.4, 0.5) is 0 Å². The third-order valence-corrected chi connectivity index (χ3v) is 3.86. The molecule has 108 valence electrons. The van der Waals surface area contributed by atoms with E-state index in [2.05, 4.69) is 6.07 Å². The summed E-state index contributed by atoms with van der Waals surface area (Å²) in [5.74, 6) is -0.0267. The minimum atomic E-state index is -0.538. The van der Waals surface area contributed by atoms with Gasteiger partial charge in [-0.3, -0.25) is 9.69 Å². The van der Waals surface area contributed by atoms with E-state index in [1.165, 1.54) is 0 Å². The molecule has 0 unspecified atom stereocenters. The van der Waals surface area contributed by atoms with Gasteiger partial charge in [-0.25, -0.2) is 0 Å². The van der Waals surface area contributed by atoms with Crippen LogP contribution in [0.5, 0.6) is 0 Å². The molecular formula is C19H16N2O. The number of amides is 1. The summed E-state index contributed by atoms with van der Waals surface area (Å²) in [7, 11) is 0. The molecule has 2 aromatic carbocycles. The van der Waals surface area contributed by atoms with Crippen molar-refractivity contribution < 1.29 is 4.79 Å². The second kappa shape index (κ2) is 6.28. The number of nitrogens with zero attached hydrogens (tertiary/aromatic N) is 2. The molecule has 0 aliphatic carbocycles. The highest BCUT2D eigenvalue weighted by atomic mass is 16.2. The lowest BCUT2D eigenvalue weighted by molar-refractivity contribution is -0.129. The molecule has 2 aromatic rings. The first-order valence-corrected chi connectivity index (χ1v) is 7.31. The number of carbonyl (C=O) groups excluding carboxylic acids is 1. The van der Waals surface area contributed by atoms with Crippen molar-refractivity contribution in [2.24, 2.45) is 0 Å². The fourth-order valence-corrected chi connectivity index (χ4v) is 2.69. The van der Waals surface area contributed by atoms with Crippen LogP contribution < -0.4 is 0 Å². The van der Waals surface area contributed by atoms with Crippen LogP contribution >= 0.6 is 0 Å². The van der Waals surface area contributed by atoms with Gasteiger partial charge in [0.15, 0.2) is 0 Å². The average molecular weight is 288 g/mol. The lowest BCUT2D eigenvalue weighted by Crippen LogP contribution is -2.31. The van der Waals surface area contributed by atoms with Gasteiger partial charge >= 0.3 is 0 Å². The zero-order chi connectivity index (χ0) is 15.4. The Hall–Kier alpha value is -2.86. The van der Waals surface area contributed by atoms with Crippen LogP contribution in [-0.4, -0.2) is 10.8 Å². The number of fused-ring (bicyclic) bond motifs is 1. The quantitative estimate of drug-likeness (QED) is 0.864. The van der Waals surface area contributed by atoms with Gasteiger partial charge in [-0.2, -0.15) is 5.26 Å². The zero-order valence-corrected chi connectivity index (χ0v) is 12.1. The Morgan fingerprint density at radius 2 is 1.82 bits per heavy atom. The lowest BCUT2D eigenvalue weighted by Gasteiger charge is -2.28. The predicted molar refractivity (Wildman–Crippen MR) is 85.4 cm³/mol. The summed E-state index contributed by atoms with van der Waals surface area (Å²) in [6, 6.07) is 19.3. The molecule has 1 heterocycles. The van der Waals surface area contributed by atoms with Crippen molar-refractivity contribution in [3.05, 3.63) is 77.5 Å². The normalized spacial score (nSPS) is 16.0. The van der Waals surface area contributed by atoms with Gasteiger partial charge in [0.1, 0.15) is 6.04 Å². The standard InChI is InChI=1S/C19H16N2O/c20-14-18-17-9-5-4-8-16(17)12-13-21(18)19(22)11-10-15-6-2-1-3-7-15/h1-9,12-13,18H,10-11H2/t18-/m1/s1. The van der Waals surface area contributed by atoms with E-state index in [1.54, 1.807) is 11.1 Å². The van der Waals surface area contributed by atoms with Gasteiger partial charge in [-0.15, -0.1) is 0 Å². The van der Waals surface area contributed by atoms with Gasteiger partial charge in [0, 0.05) is 12.6 Å². The molecule has 1 aliphatic heterocycles. The molecule has 0 radical (unpaired) electrons. The highest BCUT2D eigenvalue weighted by molar-refractivity contribution is 5.81. The molecule has 3 rings (SSSR count). The van der Waals surface area contributed by atoms with Gasteiger partial charge in [-0.1, -0.05) is 54.6 Å². The van der Waals surface area contributed by atoms with E-state index >= 15 is 0 Å². The average Bonchev–Trinajstić information content (AvgIpc) is 2.59. The number of rotatable bonds is 3. The molecule has 0 spiro atoms. The van der Waals surface area contributed by atoms with Crippen LogP contribution in [0.25, 0.3) is 6.08 Å². The van der Waals surface area contributed by atoms with Crippen LogP contribution in [0.15, 0.2) is 60.8 Å². The topological polar surface area (TPSA) is 44.1 Å². The lowest BCUT2D eigenvalue weighted by atomic mass is 9.96. The molecular weight excluding hydrogens is 272 g/mol. The second-order valence-corrected chi connectivity index (χ2v) is 5.26. The largest absolute Gasteiger partial charge is 0.298 e. The molecule has 22 heavy (non-hydrogen) atoms. The first-order chi connectivity index (χ1) is 10.8. The van der Waals surface area contributed by atoms with Crippen molar-refractivity contribution in [2.75, 3.05) is 0 Å². The molecule has 0 bridgehead atoms. The maximum atomic E-state index is 12.5. The third-order valence-electron chi connectivity index (χ3n) is 3.86. The Morgan fingerprint density at radius 1 is 1.09 bits per heavy atom. The summed E-state index contributed by atoms with van der Waals surface area (Å²) < 4.78 is 0. The van der Waals surface area contributed by atoms with Gasteiger partial charge in [-0.05, 0) is 29.2 Å². The van der Waals surface area contributed by atoms with E-state index in [9.17, 15) is 10.1 Å². The first kappa shape index (κ1) is 14.1. The monoisotopic (exact) mass is 288 g/mol. The maximum Gasteiger partial charge on any atom is 0.228 e. The Balaban J connectivity index is 1.75. The van der Waals surface area contributed by atoms with E-state index in [0.717, 1.165) is 16.7 Å². The zero-order valence-electron chi connectivity index (χ0n) is 12.1. The summed E-state index contributed by atoms with van der Waals surface area (Å²) in [5, 5.41) is 9.46. The van der Waals surface area contributed by atoms with E-state index in [1.807, 2.05) is 60.7 Å². The van der Waals surface area contributed by atoms with Crippen LogP contribution in [0, 0.1) is 11.3 Å². The van der Waals surface area contributed by atoms with Crippen molar-refractivity contribution in [1.29, 1.82) is 5.26 Å². The molecule has 0 saturated carbocycles. The van der Waals surface area contributed by atoms with E-state index in [4.69, 9.17) is 0 Å². The van der Waals surface area contributed by atoms with E-state index < -0.39 is 6.04 Å². The summed E-state index contributed by atoms with van der Waals surface area (Å²) in [6.45, 7) is 0. The summed E-state index contributed by atoms with van der Waals surface area (Å²) in [5.41, 5.74) is 3.02. The molecule has 3 nitrogen and oxygen atoms in total. The summed E-state index contributed by atoms with van der Waals surface area (Å²) >= 11 is 0. The van der Waals surface area contributed by atoms with Crippen LogP contribution in [-0.2, 0) is 11.2 Å². The fraction of sp³-hybridized carbons (Fsp3) is 0.158. The predicted octanol–water partition coefficient (Wildman–Crippen LogP) is 3.70. The number of nitriles is 1. The molecule has 0 aromatic heterocycles. The number of hydrogen-bond donors (Lipinski definition) is 0. The SMILES string of the molecule is N#C[C@@H]1c2ccccc2C=CN1C(=O)CCc1ccccc1. The maximum absolute atomic E-state index is 12.5. The highest BCUT2D eigenvalue weighted by Crippen LogP contribution is 2.30. The number of hydrogen-bond acceptors (Lipinski definition) is 2. The van der Waals surface area contributed by atoms with E-state index in [0.29, 0.717) is 12.8 Å². The minimum Gasteiger partial charge on any atom is -0.298 e. The van der Waals surface area contributed by atoms with Crippen molar-refractivity contribution in [2.45, 2.75) is 18.9 Å². The molecule has 1 amide bonds. The molecule has 3 heteroatoms. The second-order valence-electron chi connectivity index (χ2n) is 5.26. The third kappa shape index (κ3) is 2.77. The molecule has 0 saturated heterocycles. The van der Waals surface area contributed by atoms with Crippen molar-refractivity contribution >= 4 is 12.0 Å². The molecule has 0 N–H and O–H groups in total. The first-order valence-electron chi connectivity index (χ1n) is 7.31. The summed E-state index contributed by atoms with van der Waals surface area (Å²) in [4.78, 5) is 14.0.